The van der Waals surface area contributed by atoms with Gasteiger partial charge in [-0.1, -0.05) is 28.1 Å². The molecule has 7 nitrogen and oxygen atoms in total. The van der Waals surface area contributed by atoms with Crippen LogP contribution >= 0.6 is 15.9 Å². The van der Waals surface area contributed by atoms with Crippen molar-refractivity contribution in [1.82, 2.24) is 20.1 Å². The molecule has 3 N–H and O–H groups in total. The van der Waals surface area contributed by atoms with Crippen molar-refractivity contribution in [3.8, 4) is 16.9 Å². The van der Waals surface area contributed by atoms with Crippen LogP contribution in [0, 0.1) is 0 Å². The number of nitrogens with zero attached hydrogens (tertiary/aromatic N) is 3. The monoisotopic (exact) mass is 495 g/mol. The maximum absolute atomic E-state index is 6.23. The summed E-state index contributed by atoms with van der Waals surface area (Å²) in [5, 5.41) is 8.88. The predicted molar refractivity (Wildman–Crippen MR) is 129 cm³/mol. The van der Waals surface area contributed by atoms with Gasteiger partial charge in [-0.3, -0.25) is 4.68 Å². The zero-order chi connectivity index (χ0) is 22.1. The molecular weight excluding hydrogens is 470 g/mol. The van der Waals surface area contributed by atoms with Crippen molar-refractivity contribution < 1.29 is 9.15 Å². The lowest BCUT2D eigenvalue weighted by molar-refractivity contribution is 0.223. The number of anilines is 1. The van der Waals surface area contributed by atoms with Gasteiger partial charge in [0.2, 0.25) is 5.75 Å². The summed E-state index contributed by atoms with van der Waals surface area (Å²) in [4.78, 5) is 4.39. The number of piperidine rings is 1. The van der Waals surface area contributed by atoms with Gasteiger partial charge in [-0.15, -0.1) is 0 Å². The SMILES string of the molecule is CC(Cc1cccc(Br)c1)Oc1c(N)ncc2c(-c3cnn(C4CCNCC4)c3)coc12. The quantitative estimate of drug-likeness (QED) is 0.392. The average molecular weight is 496 g/mol. The lowest BCUT2D eigenvalue weighted by Gasteiger charge is -2.22. The Morgan fingerprint density at radius 3 is 2.97 bits per heavy atom. The molecule has 0 bridgehead atoms. The minimum absolute atomic E-state index is 0.102. The number of aromatic nitrogens is 3. The number of ether oxygens (including phenoxy) is 1. The Morgan fingerprint density at radius 1 is 1.31 bits per heavy atom. The fraction of sp³-hybridized carbons (Fsp3) is 0.333. The molecule has 1 atom stereocenters. The molecule has 0 aliphatic carbocycles. The maximum atomic E-state index is 6.23. The Kier molecular flexibility index (Phi) is 5.89. The van der Waals surface area contributed by atoms with Crippen LogP contribution < -0.4 is 15.8 Å². The lowest BCUT2D eigenvalue weighted by atomic mass is 10.1. The summed E-state index contributed by atoms with van der Waals surface area (Å²) < 4.78 is 15.3. The lowest BCUT2D eigenvalue weighted by Crippen LogP contribution is -2.29. The van der Waals surface area contributed by atoms with Crippen molar-refractivity contribution in [2.45, 2.75) is 38.3 Å². The van der Waals surface area contributed by atoms with Crippen molar-refractivity contribution in [3.05, 3.63) is 59.2 Å². The first-order valence-electron chi connectivity index (χ1n) is 10.9. The molecule has 0 spiro atoms. The molecular formula is C24H26BrN5O2. The predicted octanol–water partition coefficient (Wildman–Crippen LogP) is 4.97. The molecule has 1 aliphatic rings. The van der Waals surface area contributed by atoms with E-state index < -0.39 is 0 Å². The summed E-state index contributed by atoms with van der Waals surface area (Å²) in [5.74, 6) is 0.812. The minimum atomic E-state index is -0.102. The number of halogens is 1. The number of fused-ring (bicyclic) bond motifs is 1. The van der Waals surface area contributed by atoms with Crippen LogP contribution in [-0.4, -0.2) is 34.0 Å². The van der Waals surface area contributed by atoms with Crippen LogP contribution in [0.25, 0.3) is 22.1 Å². The number of benzene rings is 1. The second kappa shape index (κ2) is 8.96. The topological polar surface area (TPSA) is 91.1 Å². The number of nitrogens with two attached hydrogens (primary N) is 1. The van der Waals surface area contributed by atoms with Crippen LogP contribution in [0.1, 0.15) is 31.4 Å². The number of nitrogen functional groups attached to an aromatic ring is 1. The summed E-state index contributed by atoms with van der Waals surface area (Å²) in [6.07, 6.45) is 10.3. The van der Waals surface area contributed by atoms with Crippen molar-refractivity contribution >= 4 is 32.7 Å². The van der Waals surface area contributed by atoms with Crippen LogP contribution in [0.15, 0.2) is 58.0 Å². The standard InChI is InChI=1S/C24H26BrN5O2/c1-15(9-16-3-2-4-18(25)10-16)32-23-22-20(12-28-24(23)26)21(14-31-22)17-11-29-30(13-17)19-5-7-27-8-6-19/h2-4,10-15,19,27H,5-9H2,1H3,(H2,26,28). The first-order chi connectivity index (χ1) is 15.6. The summed E-state index contributed by atoms with van der Waals surface area (Å²) in [6, 6.07) is 8.63. The Morgan fingerprint density at radius 2 is 2.16 bits per heavy atom. The number of nitrogens with one attached hydrogen (secondary N) is 1. The van der Waals surface area contributed by atoms with Crippen molar-refractivity contribution in [2.75, 3.05) is 18.8 Å². The van der Waals surface area contributed by atoms with E-state index in [0.29, 0.717) is 23.2 Å². The van der Waals surface area contributed by atoms with Crippen molar-refractivity contribution in [2.24, 2.45) is 0 Å². The fourth-order valence-corrected chi connectivity index (χ4v) is 4.75. The number of hydrogen-bond donors (Lipinski definition) is 2. The fourth-order valence-electron chi connectivity index (χ4n) is 4.30. The van der Waals surface area contributed by atoms with Gasteiger partial charge in [0.25, 0.3) is 0 Å². The van der Waals surface area contributed by atoms with Crippen LogP contribution in [0.5, 0.6) is 5.75 Å². The number of rotatable bonds is 6. The molecule has 1 unspecified atom stereocenters. The van der Waals surface area contributed by atoms with Gasteiger partial charge in [0, 0.05) is 34.4 Å². The Hall–Kier alpha value is -2.84. The molecule has 166 valence electrons. The van der Waals surface area contributed by atoms with Crippen LogP contribution in [0.2, 0.25) is 0 Å². The Labute approximate surface area is 195 Å². The second-order valence-corrected chi connectivity index (χ2v) is 9.23. The highest BCUT2D eigenvalue weighted by Crippen LogP contribution is 2.38. The van der Waals surface area contributed by atoms with Gasteiger partial charge in [-0.25, -0.2) is 4.98 Å². The Bertz CT molecular complexity index is 1230. The molecule has 0 amide bonds. The van der Waals surface area contributed by atoms with Gasteiger partial charge < -0.3 is 20.2 Å². The summed E-state index contributed by atoms with van der Waals surface area (Å²) >= 11 is 3.52. The van der Waals surface area contributed by atoms with E-state index in [1.165, 1.54) is 5.56 Å². The smallest absolute Gasteiger partial charge is 0.205 e. The van der Waals surface area contributed by atoms with E-state index in [1.54, 1.807) is 12.5 Å². The largest absolute Gasteiger partial charge is 0.483 e. The van der Waals surface area contributed by atoms with Gasteiger partial charge in [0.05, 0.1) is 17.6 Å². The average Bonchev–Trinajstić information content (AvgIpc) is 3.43. The molecule has 0 radical (unpaired) electrons. The van der Waals surface area contributed by atoms with Crippen molar-refractivity contribution in [3.63, 3.8) is 0 Å². The maximum Gasteiger partial charge on any atom is 0.205 e. The van der Waals surface area contributed by atoms with E-state index in [4.69, 9.17) is 14.9 Å². The molecule has 1 aliphatic heterocycles. The van der Waals surface area contributed by atoms with E-state index in [0.717, 1.165) is 53.3 Å². The zero-order valence-corrected chi connectivity index (χ0v) is 19.5. The van der Waals surface area contributed by atoms with Crippen LogP contribution in [-0.2, 0) is 6.42 Å². The number of pyridine rings is 1. The molecule has 3 aromatic heterocycles. The third-order valence-corrected chi connectivity index (χ3v) is 6.42. The molecule has 1 fully saturated rings. The molecule has 1 saturated heterocycles. The third-order valence-electron chi connectivity index (χ3n) is 5.93. The molecule has 32 heavy (non-hydrogen) atoms. The van der Waals surface area contributed by atoms with Crippen LogP contribution in [0.3, 0.4) is 0 Å². The van der Waals surface area contributed by atoms with E-state index >= 15 is 0 Å². The van der Waals surface area contributed by atoms with Crippen LogP contribution in [0.4, 0.5) is 5.82 Å². The van der Waals surface area contributed by atoms with Gasteiger partial charge in [-0.2, -0.15) is 5.10 Å². The highest BCUT2D eigenvalue weighted by Gasteiger charge is 2.21. The van der Waals surface area contributed by atoms with Gasteiger partial charge in [-0.05, 0) is 50.6 Å². The van der Waals surface area contributed by atoms with E-state index in [2.05, 4.69) is 54.3 Å². The van der Waals surface area contributed by atoms with Crippen molar-refractivity contribution in [1.29, 1.82) is 0 Å². The normalized spacial score (nSPS) is 15.8. The third kappa shape index (κ3) is 4.25. The number of hydrogen-bond acceptors (Lipinski definition) is 6. The Balaban J connectivity index is 1.41. The summed E-state index contributed by atoms with van der Waals surface area (Å²) in [6.45, 7) is 4.07. The molecule has 0 saturated carbocycles. The molecule has 5 rings (SSSR count). The molecule has 8 heteroatoms. The molecule has 4 aromatic rings. The minimum Gasteiger partial charge on any atom is -0.483 e. The summed E-state index contributed by atoms with van der Waals surface area (Å²) in [5.41, 5.74) is 9.91. The highest BCUT2D eigenvalue weighted by molar-refractivity contribution is 9.10. The summed E-state index contributed by atoms with van der Waals surface area (Å²) in [7, 11) is 0. The van der Waals surface area contributed by atoms with E-state index in [9.17, 15) is 0 Å². The first-order valence-corrected chi connectivity index (χ1v) is 11.7. The molecule has 1 aromatic carbocycles. The van der Waals surface area contributed by atoms with E-state index in [1.807, 2.05) is 25.3 Å². The van der Waals surface area contributed by atoms with Gasteiger partial charge in [0.1, 0.15) is 12.4 Å². The first kappa shape index (κ1) is 21.0. The van der Waals surface area contributed by atoms with E-state index in [-0.39, 0.29) is 6.10 Å². The number of furan rings is 1. The van der Waals surface area contributed by atoms with Gasteiger partial charge >= 0.3 is 0 Å². The zero-order valence-electron chi connectivity index (χ0n) is 17.9. The second-order valence-electron chi connectivity index (χ2n) is 8.32. The van der Waals surface area contributed by atoms with Gasteiger partial charge in [0.15, 0.2) is 11.4 Å². The molecule has 4 heterocycles. The highest BCUT2D eigenvalue weighted by atomic mass is 79.9.